The van der Waals surface area contributed by atoms with Gasteiger partial charge in [-0.2, -0.15) is 0 Å². The van der Waals surface area contributed by atoms with Crippen molar-refractivity contribution in [2.75, 3.05) is 13.1 Å². The summed E-state index contributed by atoms with van der Waals surface area (Å²) in [6.45, 7) is 5.80. The molecule has 6 nitrogen and oxygen atoms in total. The topological polar surface area (TPSA) is 89.9 Å². The molecule has 0 heterocycles. The normalized spacial score (nSPS) is 23.2. The van der Waals surface area contributed by atoms with E-state index < -0.39 is 17.5 Å². The number of rotatable bonds is 5. The predicted molar refractivity (Wildman–Crippen MR) is 70.8 cm³/mol. The summed E-state index contributed by atoms with van der Waals surface area (Å²) in [4.78, 5) is 24.6. The Kier molecular flexibility index (Phi) is 5.17. The van der Waals surface area contributed by atoms with Crippen LogP contribution in [0.3, 0.4) is 0 Å². The van der Waals surface area contributed by atoms with Crippen LogP contribution in [0.1, 0.15) is 40.0 Å². The summed E-state index contributed by atoms with van der Waals surface area (Å²) < 4.78 is 0. The second-order valence-corrected chi connectivity index (χ2v) is 5.76. The van der Waals surface area contributed by atoms with Gasteiger partial charge in [0.05, 0.1) is 18.1 Å². The quantitative estimate of drug-likeness (QED) is 0.697. The Balaban J connectivity index is 2.59. The number of carboxylic acids is 1. The second-order valence-electron chi connectivity index (χ2n) is 5.76. The lowest BCUT2D eigenvalue weighted by Crippen LogP contribution is -2.51. The minimum Gasteiger partial charge on any atom is -0.481 e. The maximum absolute atomic E-state index is 12.1. The van der Waals surface area contributed by atoms with Crippen molar-refractivity contribution >= 4 is 12.0 Å². The Morgan fingerprint density at radius 2 is 2.00 bits per heavy atom. The van der Waals surface area contributed by atoms with Crippen molar-refractivity contribution in [3.63, 3.8) is 0 Å². The van der Waals surface area contributed by atoms with Gasteiger partial charge < -0.3 is 20.4 Å². The van der Waals surface area contributed by atoms with E-state index in [2.05, 4.69) is 5.32 Å². The summed E-state index contributed by atoms with van der Waals surface area (Å²) in [5.74, 6) is -1.35. The smallest absolute Gasteiger partial charge is 0.317 e. The molecular weight excluding hydrogens is 248 g/mol. The second kappa shape index (κ2) is 6.23. The van der Waals surface area contributed by atoms with Crippen molar-refractivity contribution in [1.82, 2.24) is 10.2 Å². The molecule has 1 saturated carbocycles. The van der Waals surface area contributed by atoms with Gasteiger partial charge in [0.25, 0.3) is 0 Å². The minimum atomic E-state index is -0.963. The molecule has 1 rings (SSSR count). The summed E-state index contributed by atoms with van der Waals surface area (Å²) in [6.07, 6.45) is 2.13. The van der Waals surface area contributed by atoms with Gasteiger partial charge in [-0.15, -0.1) is 0 Å². The monoisotopic (exact) mass is 272 g/mol. The number of aliphatic hydroxyl groups is 1. The molecule has 0 spiro atoms. The van der Waals surface area contributed by atoms with E-state index in [1.165, 1.54) is 4.90 Å². The van der Waals surface area contributed by atoms with Gasteiger partial charge in [-0.3, -0.25) is 4.79 Å². The number of aliphatic carboxylic acids is 1. The van der Waals surface area contributed by atoms with E-state index >= 15 is 0 Å². The number of nitrogens with one attached hydrogen (secondary N) is 1. The van der Waals surface area contributed by atoms with Crippen molar-refractivity contribution in [2.45, 2.75) is 51.7 Å². The van der Waals surface area contributed by atoms with Gasteiger partial charge in [0.15, 0.2) is 0 Å². The maximum Gasteiger partial charge on any atom is 0.317 e. The highest BCUT2D eigenvalue weighted by Gasteiger charge is 2.35. The molecule has 0 aliphatic heterocycles. The van der Waals surface area contributed by atoms with E-state index in [-0.39, 0.29) is 18.6 Å². The molecule has 110 valence electrons. The zero-order valence-electron chi connectivity index (χ0n) is 11.8. The summed E-state index contributed by atoms with van der Waals surface area (Å²) >= 11 is 0. The molecule has 1 fully saturated rings. The summed E-state index contributed by atoms with van der Waals surface area (Å²) in [6, 6.07) is -0.608. The summed E-state index contributed by atoms with van der Waals surface area (Å²) in [7, 11) is 0. The van der Waals surface area contributed by atoms with Gasteiger partial charge in [-0.05, 0) is 33.6 Å². The molecule has 0 aromatic rings. The molecule has 0 aromatic heterocycles. The molecule has 0 bridgehead atoms. The number of likely N-dealkylation sites (N-methyl/N-ethyl adjacent to an activating group) is 1. The number of nitrogens with zero attached hydrogens (tertiary/aromatic N) is 1. The first-order chi connectivity index (χ1) is 8.74. The standard InChI is InChI=1S/C13H24N2O4/c1-4-15(8-13(2,3)19)12(18)14-10-7-5-6-9(10)11(16)17/h9-10,19H,4-8H2,1-3H3,(H,14,18)(H,16,17). The third-order valence-corrected chi connectivity index (χ3v) is 3.39. The summed E-state index contributed by atoms with van der Waals surface area (Å²) in [5, 5.41) is 21.6. The van der Waals surface area contributed by atoms with Gasteiger partial charge in [0, 0.05) is 12.6 Å². The van der Waals surface area contributed by atoms with Gasteiger partial charge >= 0.3 is 12.0 Å². The average Bonchev–Trinajstić information content (AvgIpc) is 2.72. The van der Waals surface area contributed by atoms with Crippen LogP contribution in [-0.2, 0) is 4.79 Å². The predicted octanol–water partition coefficient (Wildman–Crippen LogP) is 1.04. The molecule has 0 aromatic carbocycles. The summed E-state index contributed by atoms with van der Waals surface area (Å²) in [5.41, 5.74) is -0.963. The lowest BCUT2D eigenvalue weighted by atomic mass is 10.0. The Morgan fingerprint density at radius 1 is 1.37 bits per heavy atom. The molecule has 2 atom stereocenters. The first-order valence-electron chi connectivity index (χ1n) is 6.75. The lowest BCUT2D eigenvalue weighted by molar-refractivity contribution is -0.142. The highest BCUT2D eigenvalue weighted by atomic mass is 16.4. The largest absolute Gasteiger partial charge is 0.481 e. The van der Waals surface area contributed by atoms with Crippen molar-refractivity contribution < 1.29 is 19.8 Å². The van der Waals surface area contributed by atoms with E-state index in [9.17, 15) is 14.7 Å². The van der Waals surface area contributed by atoms with Crippen LogP contribution in [-0.4, -0.2) is 51.8 Å². The van der Waals surface area contributed by atoms with Crippen LogP contribution in [0, 0.1) is 5.92 Å². The van der Waals surface area contributed by atoms with E-state index in [1.54, 1.807) is 13.8 Å². The Morgan fingerprint density at radius 3 is 2.47 bits per heavy atom. The molecule has 3 N–H and O–H groups in total. The molecule has 0 radical (unpaired) electrons. The number of amides is 2. The molecule has 1 aliphatic carbocycles. The Hall–Kier alpha value is -1.30. The van der Waals surface area contributed by atoms with Crippen LogP contribution in [0.15, 0.2) is 0 Å². The van der Waals surface area contributed by atoms with Gasteiger partial charge in [0.2, 0.25) is 0 Å². The fourth-order valence-electron chi connectivity index (χ4n) is 2.47. The Bertz CT molecular complexity index is 338. The number of carbonyl (C=O) groups excluding carboxylic acids is 1. The van der Waals surface area contributed by atoms with E-state index in [4.69, 9.17) is 5.11 Å². The third kappa shape index (κ3) is 4.70. The van der Waals surface area contributed by atoms with E-state index in [0.717, 1.165) is 6.42 Å². The van der Waals surface area contributed by atoms with Crippen LogP contribution < -0.4 is 5.32 Å². The van der Waals surface area contributed by atoms with Crippen molar-refractivity contribution in [3.8, 4) is 0 Å². The lowest BCUT2D eigenvalue weighted by Gasteiger charge is -2.30. The number of urea groups is 1. The molecule has 0 saturated heterocycles. The number of carboxylic acid groups (broad SMARTS) is 1. The maximum atomic E-state index is 12.1. The molecule has 1 aliphatic rings. The zero-order valence-corrected chi connectivity index (χ0v) is 11.8. The third-order valence-electron chi connectivity index (χ3n) is 3.39. The molecule has 2 unspecified atom stereocenters. The van der Waals surface area contributed by atoms with Crippen molar-refractivity contribution in [1.29, 1.82) is 0 Å². The highest BCUT2D eigenvalue weighted by molar-refractivity contribution is 5.77. The van der Waals surface area contributed by atoms with Gasteiger partial charge in [0.1, 0.15) is 0 Å². The average molecular weight is 272 g/mol. The van der Waals surface area contributed by atoms with E-state index in [1.807, 2.05) is 6.92 Å². The first kappa shape index (κ1) is 15.8. The fraction of sp³-hybridized carbons (Fsp3) is 0.846. The molecular formula is C13H24N2O4. The van der Waals surface area contributed by atoms with Crippen molar-refractivity contribution in [3.05, 3.63) is 0 Å². The van der Waals surface area contributed by atoms with Crippen LogP contribution in [0.4, 0.5) is 4.79 Å². The highest BCUT2D eigenvalue weighted by Crippen LogP contribution is 2.26. The van der Waals surface area contributed by atoms with E-state index in [0.29, 0.717) is 19.4 Å². The van der Waals surface area contributed by atoms with Gasteiger partial charge in [-0.1, -0.05) is 6.42 Å². The van der Waals surface area contributed by atoms with Crippen LogP contribution in [0.2, 0.25) is 0 Å². The van der Waals surface area contributed by atoms with Crippen LogP contribution in [0.25, 0.3) is 0 Å². The first-order valence-corrected chi connectivity index (χ1v) is 6.75. The minimum absolute atomic E-state index is 0.222. The van der Waals surface area contributed by atoms with Gasteiger partial charge in [-0.25, -0.2) is 4.79 Å². The van der Waals surface area contributed by atoms with Crippen molar-refractivity contribution in [2.24, 2.45) is 5.92 Å². The van der Waals surface area contributed by atoms with Crippen LogP contribution >= 0.6 is 0 Å². The zero-order chi connectivity index (χ0) is 14.6. The fourth-order valence-corrected chi connectivity index (χ4v) is 2.47. The molecule has 2 amide bonds. The molecule has 19 heavy (non-hydrogen) atoms. The van der Waals surface area contributed by atoms with Crippen LogP contribution in [0.5, 0.6) is 0 Å². The SMILES string of the molecule is CCN(CC(C)(C)O)C(=O)NC1CCCC1C(=O)O. The Labute approximate surface area is 113 Å². The number of hydrogen-bond acceptors (Lipinski definition) is 3. The molecule has 6 heteroatoms. The number of hydrogen-bond donors (Lipinski definition) is 3. The number of carbonyl (C=O) groups is 2.